The highest BCUT2D eigenvalue weighted by Gasteiger charge is 2.16. The van der Waals surface area contributed by atoms with Gasteiger partial charge in [-0.3, -0.25) is 14.5 Å². The number of carbonyl (C=O) groups excluding carboxylic acids is 1. The number of amides is 2. The molecule has 0 fully saturated rings. The van der Waals surface area contributed by atoms with Gasteiger partial charge in [0.15, 0.2) is 4.96 Å². The van der Waals surface area contributed by atoms with Crippen LogP contribution in [-0.4, -0.2) is 52.0 Å². The van der Waals surface area contributed by atoms with Crippen LogP contribution in [0.3, 0.4) is 0 Å². The molecule has 1 N–H and O–H groups in total. The van der Waals surface area contributed by atoms with Crippen molar-refractivity contribution in [1.82, 2.24) is 14.3 Å². The molecule has 0 saturated carbocycles. The zero-order chi connectivity index (χ0) is 24.1. The average Bonchev–Trinajstić information content (AvgIpc) is 3.41. The second-order valence-corrected chi connectivity index (χ2v) is 8.75. The number of anilines is 1. The number of hydrogen-bond acceptors (Lipinski definition) is 6. The summed E-state index contributed by atoms with van der Waals surface area (Å²) in [6.45, 7) is 1.25. The molecule has 0 radical (unpaired) electrons. The lowest BCUT2D eigenvalue weighted by Crippen LogP contribution is -2.38. The van der Waals surface area contributed by atoms with Crippen molar-refractivity contribution in [3.8, 4) is 11.3 Å². The first kappa shape index (κ1) is 23.7. The number of urea groups is 1. The van der Waals surface area contributed by atoms with Crippen LogP contribution in [0.4, 0.5) is 16.2 Å². The number of halogens is 1. The van der Waals surface area contributed by atoms with E-state index >= 15 is 0 Å². The van der Waals surface area contributed by atoms with Crippen LogP contribution >= 0.6 is 22.9 Å². The third-order valence-electron chi connectivity index (χ3n) is 5.24. The molecular weight excluding hydrogens is 478 g/mol. The molecule has 9 nitrogen and oxygen atoms in total. The molecule has 4 rings (SSSR count). The molecule has 0 aliphatic heterocycles. The monoisotopic (exact) mass is 499 g/mol. The first-order valence-electron chi connectivity index (χ1n) is 10.5. The number of rotatable bonds is 9. The van der Waals surface area contributed by atoms with Crippen LogP contribution in [0.15, 0.2) is 60.1 Å². The number of fused-ring (bicyclic) bond motifs is 1. The SMILES string of the molecule is COCCN(CCc1csc2nc(-c3ccc(Cl)cc3)cn12)C(=O)Nc1ccc([N+](=O)[O-])cc1. The van der Waals surface area contributed by atoms with Gasteiger partial charge in [-0.1, -0.05) is 23.7 Å². The molecule has 34 heavy (non-hydrogen) atoms. The van der Waals surface area contributed by atoms with Gasteiger partial charge in [-0.15, -0.1) is 11.3 Å². The molecule has 0 aliphatic rings. The topological polar surface area (TPSA) is 102 Å². The summed E-state index contributed by atoms with van der Waals surface area (Å²) in [5.41, 5.74) is 3.33. The van der Waals surface area contributed by atoms with Crippen molar-refractivity contribution < 1.29 is 14.5 Å². The summed E-state index contributed by atoms with van der Waals surface area (Å²) in [7, 11) is 1.58. The summed E-state index contributed by atoms with van der Waals surface area (Å²) < 4.78 is 7.20. The van der Waals surface area contributed by atoms with E-state index in [1.807, 2.05) is 40.2 Å². The molecule has 0 aliphatic carbocycles. The van der Waals surface area contributed by atoms with Gasteiger partial charge in [0.05, 0.1) is 17.2 Å². The maximum atomic E-state index is 12.9. The Hall–Kier alpha value is -3.47. The van der Waals surface area contributed by atoms with Crippen LogP contribution < -0.4 is 5.32 Å². The molecule has 0 bridgehead atoms. The number of aromatic nitrogens is 2. The fourth-order valence-corrected chi connectivity index (χ4v) is 4.44. The minimum atomic E-state index is -0.480. The zero-order valence-corrected chi connectivity index (χ0v) is 19.9. The number of non-ortho nitro benzene ring substituents is 1. The molecule has 2 aromatic heterocycles. The summed E-state index contributed by atoms with van der Waals surface area (Å²) in [6.07, 6.45) is 2.61. The quantitative estimate of drug-likeness (QED) is 0.247. The minimum Gasteiger partial charge on any atom is -0.383 e. The summed E-state index contributed by atoms with van der Waals surface area (Å²) in [5.74, 6) is 0. The largest absolute Gasteiger partial charge is 0.383 e. The van der Waals surface area contributed by atoms with E-state index < -0.39 is 4.92 Å². The van der Waals surface area contributed by atoms with Gasteiger partial charge in [-0.25, -0.2) is 9.78 Å². The van der Waals surface area contributed by atoms with Gasteiger partial charge >= 0.3 is 6.03 Å². The van der Waals surface area contributed by atoms with Crippen LogP contribution in [0, 0.1) is 10.1 Å². The van der Waals surface area contributed by atoms with E-state index in [1.165, 1.54) is 24.3 Å². The highest BCUT2D eigenvalue weighted by Crippen LogP contribution is 2.25. The maximum Gasteiger partial charge on any atom is 0.321 e. The number of benzene rings is 2. The number of nitrogens with one attached hydrogen (secondary N) is 1. The van der Waals surface area contributed by atoms with Crippen molar-refractivity contribution in [2.75, 3.05) is 32.1 Å². The van der Waals surface area contributed by atoms with E-state index in [9.17, 15) is 14.9 Å². The Kier molecular flexibility index (Phi) is 7.41. The standard InChI is InChI=1S/C23H22ClN5O4S/c1-33-13-12-27(22(30)25-18-6-8-19(9-7-18)29(31)32)11-10-20-15-34-23-26-21(14-28(20)23)16-2-4-17(24)5-3-16/h2-9,14-15H,10-13H2,1H3,(H,25,30). The molecule has 0 saturated heterocycles. The number of nitro groups is 1. The van der Waals surface area contributed by atoms with E-state index in [4.69, 9.17) is 21.3 Å². The molecular formula is C23H22ClN5O4S. The van der Waals surface area contributed by atoms with Gasteiger partial charge < -0.3 is 15.0 Å². The summed E-state index contributed by atoms with van der Waals surface area (Å²) in [4.78, 5) is 30.5. The third kappa shape index (κ3) is 5.53. The second kappa shape index (κ2) is 10.6. The van der Waals surface area contributed by atoms with E-state index in [2.05, 4.69) is 5.32 Å². The number of hydrogen-bond donors (Lipinski definition) is 1. The first-order valence-corrected chi connectivity index (χ1v) is 11.7. The minimum absolute atomic E-state index is 0.0333. The second-order valence-electron chi connectivity index (χ2n) is 7.48. The van der Waals surface area contributed by atoms with Gasteiger partial charge in [0, 0.05) is 72.3 Å². The Bertz CT molecular complexity index is 1290. The molecule has 2 aromatic carbocycles. The van der Waals surface area contributed by atoms with E-state index in [0.29, 0.717) is 36.8 Å². The van der Waals surface area contributed by atoms with Gasteiger partial charge in [0.1, 0.15) is 0 Å². The van der Waals surface area contributed by atoms with E-state index in [-0.39, 0.29) is 11.7 Å². The molecule has 0 atom stereocenters. The van der Waals surface area contributed by atoms with Crippen molar-refractivity contribution in [2.45, 2.75) is 6.42 Å². The summed E-state index contributed by atoms with van der Waals surface area (Å²) in [6, 6.07) is 13.0. The molecule has 176 valence electrons. The molecule has 2 amide bonds. The predicted octanol–water partition coefficient (Wildman–Crippen LogP) is 5.35. The van der Waals surface area contributed by atoms with Crippen molar-refractivity contribution in [3.05, 3.63) is 80.9 Å². The average molecular weight is 500 g/mol. The van der Waals surface area contributed by atoms with Crippen molar-refractivity contribution in [3.63, 3.8) is 0 Å². The number of nitrogens with zero attached hydrogens (tertiary/aromatic N) is 4. The number of imidazole rings is 1. The number of thiazole rings is 1. The molecule has 11 heteroatoms. The number of methoxy groups -OCH3 is 1. The lowest BCUT2D eigenvalue weighted by molar-refractivity contribution is -0.384. The lowest BCUT2D eigenvalue weighted by Gasteiger charge is -2.22. The third-order valence-corrected chi connectivity index (χ3v) is 6.38. The normalized spacial score (nSPS) is 11.0. The van der Waals surface area contributed by atoms with Crippen molar-refractivity contribution >= 4 is 45.3 Å². The number of carbonyl (C=O) groups is 1. The lowest BCUT2D eigenvalue weighted by atomic mass is 10.2. The highest BCUT2D eigenvalue weighted by molar-refractivity contribution is 7.15. The molecule has 0 unspecified atom stereocenters. The van der Waals surface area contributed by atoms with E-state index in [0.717, 1.165) is 21.9 Å². The highest BCUT2D eigenvalue weighted by atomic mass is 35.5. The first-order chi connectivity index (χ1) is 16.4. The summed E-state index contributed by atoms with van der Waals surface area (Å²) in [5, 5.41) is 16.3. The van der Waals surface area contributed by atoms with Gasteiger partial charge in [-0.2, -0.15) is 0 Å². The van der Waals surface area contributed by atoms with Crippen molar-refractivity contribution in [2.24, 2.45) is 0 Å². The fraction of sp³-hybridized carbons (Fsp3) is 0.217. The van der Waals surface area contributed by atoms with Crippen LogP contribution in [0.1, 0.15) is 5.69 Å². The predicted molar refractivity (Wildman–Crippen MR) is 133 cm³/mol. The molecule has 0 spiro atoms. The Balaban J connectivity index is 1.45. The Morgan fingerprint density at radius 2 is 1.94 bits per heavy atom. The maximum absolute atomic E-state index is 12.9. The Labute approximate surface area is 204 Å². The van der Waals surface area contributed by atoms with Gasteiger partial charge in [0.25, 0.3) is 5.69 Å². The molecule has 2 heterocycles. The van der Waals surface area contributed by atoms with Crippen LogP contribution in [0.5, 0.6) is 0 Å². The van der Waals surface area contributed by atoms with E-state index in [1.54, 1.807) is 23.3 Å². The number of nitro benzene ring substituents is 1. The summed E-state index contributed by atoms with van der Waals surface area (Å²) >= 11 is 7.53. The van der Waals surface area contributed by atoms with Gasteiger partial charge in [0.2, 0.25) is 0 Å². The number of ether oxygens (including phenoxy) is 1. The van der Waals surface area contributed by atoms with Crippen molar-refractivity contribution in [1.29, 1.82) is 0 Å². The fourth-order valence-electron chi connectivity index (χ4n) is 3.40. The van der Waals surface area contributed by atoms with Crippen LogP contribution in [0.25, 0.3) is 16.2 Å². The van der Waals surface area contributed by atoms with Gasteiger partial charge in [-0.05, 0) is 24.3 Å². The van der Waals surface area contributed by atoms with Crippen LogP contribution in [-0.2, 0) is 11.2 Å². The zero-order valence-electron chi connectivity index (χ0n) is 18.3. The molecule has 4 aromatic rings. The van der Waals surface area contributed by atoms with Crippen LogP contribution in [0.2, 0.25) is 5.02 Å². The Morgan fingerprint density at radius 1 is 1.21 bits per heavy atom. The Morgan fingerprint density at radius 3 is 2.62 bits per heavy atom. The smallest absolute Gasteiger partial charge is 0.321 e.